The van der Waals surface area contributed by atoms with Gasteiger partial charge in [-0.25, -0.2) is 4.79 Å². The third-order valence-electron chi connectivity index (χ3n) is 12.8. The predicted octanol–water partition coefficient (Wildman–Crippen LogP) is 11.3. The van der Waals surface area contributed by atoms with Crippen LogP contribution in [0.15, 0.2) is 48.5 Å². The van der Waals surface area contributed by atoms with Crippen LogP contribution in [0.25, 0.3) is 0 Å². The third-order valence-corrected chi connectivity index (χ3v) is 25.1. The SMILES string of the molecule is CN(C)c1ccc([P+](C(=O)[P+](c2ccc(N(C)C)cc2)(C2CCCCC2)C2CCCCC2)(C2CCCCC2)C2CCCCC2)cc1.[Rh]. The number of hydrogen-bond acceptors (Lipinski definition) is 3. The van der Waals surface area contributed by atoms with Crippen molar-refractivity contribution in [2.75, 3.05) is 38.0 Å². The second-order valence-corrected chi connectivity index (χ2v) is 24.1. The fraction of sp³-hybridized carbons (Fsp3) is 0.683. The van der Waals surface area contributed by atoms with Crippen LogP contribution in [-0.2, 0) is 19.5 Å². The molecule has 0 spiro atoms. The maximum absolute atomic E-state index is 17.2. The summed E-state index contributed by atoms with van der Waals surface area (Å²) in [5.41, 5.74) is 4.84. The summed E-state index contributed by atoms with van der Waals surface area (Å²) in [6, 6.07) is 19.5. The van der Waals surface area contributed by atoms with Crippen molar-refractivity contribution in [1.82, 2.24) is 0 Å². The maximum Gasteiger partial charge on any atom is 0.407 e. The van der Waals surface area contributed by atoms with Crippen molar-refractivity contribution in [3.05, 3.63) is 48.5 Å². The number of carbonyl (C=O) groups excluding carboxylic acids is 1. The summed E-state index contributed by atoms with van der Waals surface area (Å²) in [6.45, 7) is 0. The molecule has 0 aliphatic heterocycles. The first-order chi connectivity index (χ1) is 22.4. The van der Waals surface area contributed by atoms with E-state index in [9.17, 15) is 0 Å². The van der Waals surface area contributed by atoms with E-state index < -0.39 is 14.5 Å². The van der Waals surface area contributed by atoms with Gasteiger partial charge in [-0.3, -0.25) is 0 Å². The van der Waals surface area contributed by atoms with Gasteiger partial charge in [0.05, 0.1) is 22.6 Å². The zero-order chi connectivity index (χ0) is 32.1. The van der Waals surface area contributed by atoms with E-state index in [0.717, 1.165) is 5.27 Å². The van der Waals surface area contributed by atoms with E-state index in [0.29, 0.717) is 22.6 Å². The zero-order valence-electron chi connectivity index (χ0n) is 30.1. The molecule has 261 valence electrons. The topological polar surface area (TPSA) is 23.6 Å². The summed E-state index contributed by atoms with van der Waals surface area (Å²) < 4.78 is 0. The first-order valence-electron chi connectivity index (χ1n) is 19.3. The molecule has 47 heavy (non-hydrogen) atoms. The molecular weight excluding hydrogens is 701 g/mol. The van der Waals surface area contributed by atoms with Crippen LogP contribution < -0.4 is 20.4 Å². The summed E-state index contributed by atoms with van der Waals surface area (Å²) in [5.74, 6) is 0. The molecule has 4 saturated carbocycles. The Morgan fingerprint density at radius 1 is 0.447 bits per heavy atom. The van der Waals surface area contributed by atoms with Gasteiger partial charge in [0.2, 0.25) is 0 Å². The number of rotatable bonds is 10. The molecule has 0 amide bonds. The van der Waals surface area contributed by atoms with Gasteiger partial charge in [0.1, 0.15) is 10.6 Å². The Bertz CT molecular complexity index is 1120. The fourth-order valence-corrected chi connectivity index (χ4v) is 25.9. The number of nitrogens with zero attached hydrogens (tertiary/aromatic N) is 2. The molecule has 0 N–H and O–H groups in total. The van der Waals surface area contributed by atoms with Gasteiger partial charge >= 0.3 is 5.27 Å². The van der Waals surface area contributed by atoms with Crippen LogP contribution in [0.2, 0.25) is 0 Å². The molecule has 1 radical (unpaired) electrons. The summed E-state index contributed by atoms with van der Waals surface area (Å²) in [5, 5.41) is 3.90. The molecule has 3 nitrogen and oxygen atoms in total. The van der Waals surface area contributed by atoms with Gasteiger partial charge in [-0.05, 0) is 151 Å². The van der Waals surface area contributed by atoms with E-state index in [-0.39, 0.29) is 19.5 Å². The molecule has 2 aromatic carbocycles. The van der Waals surface area contributed by atoms with Gasteiger partial charge < -0.3 is 9.80 Å². The third kappa shape index (κ3) is 7.34. The van der Waals surface area contributed by atoms with E-state index in [2.05, 4.69) is 86.5 Å². The van der Waals surface area contributed by atoms with Crippen LogP contribution in [0.1, 0.15) is 128 Å². The van der Waals surface area contributed by atoms with Crippen LogP contribution >= 0.6 is 14.5 Å². The van der Waals surface area contributed by atoms with Gasteiger partial charge in [0.25, 0.3) is 0 Å². The van der Waals surface area contributed by atoms with Gasteiger partial charge in [0, 0.05) is 59.0 Å². The van der Waals surface area contributed by atoms with Gasteiger partial charge in [0.15, 0.2) is 14.5 Å². The molecule has 0 heterocycles. The van der Waals surface area contributed by atoms with E-state index in [1.807, 2.05) is 0 Å². The molecule has 0 unspecified atom stereocenters. The van der Waals surface area contributed by atoms with Crippen molar-refractivity contribution < 1.29 is 24.3 Å². The largest absolute Gasteiger partial charge is 0.407 e. The first-order valence-corrected chi connectivity index (χ1v) is 23.1. The average molecular weight is 766 g/mol. The van der Waals surface area contributed by atoms with Crippen molar-refractivity contribution in [2.24, 2.45) is 0 Å². The molecule has 4 aliphatic carbocycles. The Kier molecular flexibility index (Phi) is 13.5. The summed E-state index contributed by atoms with van der Waals surface area (Å²) in [4.78, 5) is 21.7. The Hall–Kier alpha value is -0.807. The minimum atomic E-state index is -2.21. The molecule has 0 aromatic heterocycles. The Balaban J connectivity index is 0.00000433. The second-order valence-electron chi connectivity index (χ2n) is 15.8. The monoisotopic (exact) mass is 765 g/mol. The normalized spacial score (nSPS) is 21.2. The van der Waals surface area contributed by atoms with Gasteiger partial charge in [-0.15, -0.1) is 0 Å². The smallest absolute Gasteiger partial charge is 0.378 e. The van der Waals surface area contributed by atoms with E-state index >= 15 is 4.79 Å². The van der Waals surface area contributed by atoms with E-state index in [4.69, 9.17) is 0 Å². The second kappa shape index (κ2) is 16.9. The van der Waals surface area contributed by atoms with Crippen molar-refractivity contribution in [2.45, 2.75) is 151 Å². The minimum absolute atomic E-state index is 0. The van der Waals surface area contributed by atoms with Crippen molar-refractivity contribution in [3.8, 4) is 0 Å². The molecule has 0 saturated heterocycles. The van der Waals surface area contributed by atoms with Crippen LogP contribution in [0.5, 0.6) is 0 Å². The molecular formula is C41H64N2OP2Rh+2. The molecule has 6 rings (SSSR count). The number of hydrogen-bond donors (Lipinski definition) is 0. The van der Waals surface area contributed by atoms with Crippen LogP contribution in [0.3, 0.4) is 0 Å². The van der Waals surface area contributed by atoms with Crippen molar-refractivity contribution in [3.63, 3.8) is 0 Å². The summed E-state index contributed by atoms with van der Waals surface area (Å²) in [6.07, 6.45) is 26.2. The van der Waals surface area contributed by atoms with Crippen LogP contribution in [-0.4, -0.2) is 56.1 Å². The maximum atomic E-state index is 17.2. The molecule has 6 heteroatoms. The molecule has 4 fully saturated rings. The summed E-state index contributed by atoms with van der Waals surface area (Å²) in [7, 11) is 4.21. The van der Waals surface area contributed by atoms with E-state index in [1.54, 1.807) is 0 Å². The quantitative estimate of drug-likeness (QED) is 0.178. The molecule has 2 aromatic rings. The number of carbonyl (C=O) groups is 1. The van der Waals surface area contributed by atoms with Crippen molar-refractivity contribution >= 4 is 41.8 Å². The Morgan fingerprint density at radius 2 is 0.681 bits per heavy atom. The Labute approximate surface area is 302 Å². The number of anilines is 2. The zero-order valence-corrected chi connectivity index (χ0v) is 33.5. The fourth-order valence-electron chi connectivity index (χ4n) is 10.5. The molecule has 4 aliphatic rings. The average Bonchev–Trinajstić information content (AvgIpc) is 3.11. The predicted molar refractivity (Wildman–Crippen MR) is 208 cm³/mol. The molecule has 0 atom stereocenters. The van der Waals surface area contributed by atoms with Crippen molar-refractivity contribution in [1.29, 1.82) is 0 Å². The first kappa shape index (κ1) is 37.4. The summed E-state index contributed by atoms with van der Waals surface area (Å²) >= 11 is 0. The van der Waals surface area contributed by atoms with E-state index in [1.165, 1.54) is 150 Å². The van der Waals surface area contributed by atoms with Crippen LogP contribution in [0.4, 0.5) is 16.2 Å². The molecule has 0 bridgehead atoms. The number of benzene rings is 2. The van der Waals surface area contributed by atoms with Gasteiger partial charge in [-0.1, -0.05) is 25.7 Å². The Morgan fingerprint density at radius 3 is 0.894 bits per heavy atom. The standard InChI is InChI=1S/C41H64N2OP2.Rh/c1-42(2)33-25-29-39(30-26-33)45(35-17-9-5-10-18-35,36-19-11-6-12-20-36)41(44)46(37-21-13-7-14-22-37,38-23-15-8-16-24-38)40-31-27-34(28-32-40)43(3)4;/h25-32,35-38H,5-24H2,1-4H3;/q+2;. The minimum Gasteiger partial charge on any atom is -0.378 e. The van der Waals surface area contributed by atoms with Gasteiger partial charge in [-0.2, -0.15) is 0 Å². The van der Waals surface area contributed by atoms with Crippen LogP contribution in [0, 0.1) is 0 Å².